The molecule has 0 radical (unpaired) electrons. The van der Waals surface area contributed by atoms with Crippen molar-refractivity contribution in [2.24, 2.45) is 0 Å². The summed E-state index contributed by atoms with van der Waals surface area (Å²) in [6.45, 7) is 0. The number of rotatable bonds is 5. The van der Waals surface area contributed by atoms with Crippen LogP contribution in [0.2, 0.25) is 0 Å². The predicted molar refractivity (Wildman–Crippen MR) is 202 cm³/mol. The van der Waals surface area contributed by atoms with E-state index in [1.54, 1.807) is 0 Å². The maximum atomic E-state index is 9.87. The van der Waals surface area contributed by atoms with Crippen molar-refractivity contribution in [1.29, 1.82) is 0 Å². The van der Waals surface area contributed by atoms with Crippen molar-refractivity contribution in [3.8, 4) is 33.4 Å². The lowest BCUT2D eigenvalue weighted by Gasteiger charge is -2.19. The van der Waals surface area contributed by atoms with E-state index in [0.29, 0.717) is 49.4 Å². The molecule has 0 heterocycles. The molecule has 0 atom stereocenters. The van der Waals surface area contributed by atoms with Crippen LogP contribution in [0.3, 0.4) is 0 Å². The Morgan fingerprint density at radius 2 is 1.02 bits per heavy atom. The molecule has 0 aromatic heterocycles. The molecule has 0 saturated carbocycles. The normalized spacial score (nSPS) is 13.6. The van der Waals surface area contributed by atoms with Crippen molar-refractivity contribution >= 4 is 43.1 Å². The van der Waals surface area contributed by atoms with E-state index in [0.717, 1.165) is 38.2 Å². The number of benzene rings is 9. The standard InChI is InChI=1S/C47H32/c1-2-11-32(12-3-1)39-27-28-43-45(31-40-17-10-16-35-14-6-7-18-41(35)40)42-19-8-9-20-44(42)47(46(43)30-39)36-24-21-34(22-25-36)38-26-23-33-13-4-5-15-37(33)29-38/h1-30H,31H2/i8D,9D,19D,20D,27D,28D,30D. The molecule has 9 aromatic carbocycles. The van der Waals surface area contributed by atoms with Gasteiger partial charge in [0.2, 0.25) is 0 Å². The maximum Gasteiger partial charge on any atom is 0.0636 e. The maximum absolute atomic E-state index is 9.87. The van der Waals surface area contributed by atoms with Crippen LogP contribution in [0, 0.1) is 0 Å². The Balaban J connectivity index is 1.42. The van der Waals surface area contributed by atoms with Crippen LogP contribution in [0.4, 0.5) is 0 Å². The molecule has 0 aliphatic rings. The van der Waals surface area contributed by atoms with Gasteiger partial charge in [0.1, 0.15) is 0 Å². The summed E-state index contributed by atoms with van der Waals surface area (Å²) in [5.74, 6) is 0. The zero-order valence-electron chi connectivity index (χ0n) is 32.5. The molecule has 220 valence electrons. The highest BCUT2D eigenvalue weighted by molar-refractivity contribution is 6.16. The van der Waals surface area contributed by atoms with Crippen LogP contribution in [-0.2, 0) is 6.42 Å². The summed E-state index contributed by atoms with van der Waals surface area (Å²) in [6.07, 6.45) is 0.229. The molecule has 9 rings (SSSR count). The van der Waals surface area contributed by atoms with Gasteiger partial charge in [-0.15, -0.1) is 0 Å². The summed E-state index contributed by atoms with van der Waals surface area (Å²) in [6, 6.07) is 44.3. The Bertz CT molecular complexity index is 2970. The summed E-state index contributed by atoms with van der Waals surface area (Å²) in [5, 5.41) is 5.61. The van der Waals surface area contributed by atoms with Crippen molar-refractivity contribution in [2.75, 3.05) is 0 Å². The summed E-state index contributed by atoms with van der Waals surface area (Å²) in [7, 11) is 0. The quantitative estimate of drug-likeness (QED) is 0.172. The van der Waals surface area contributed by atoms with E-state index in [4.69, 9.17) is 2.74 Å². The molecule has 0 N–H and O–H groups in total. The summed E-state index contributed by atoms with van der Waals surface area (Å²) in [5.41, 5.74) is 5.46. The Morgan fingerprint density at radius 3 is 1.87 bits per heavy atom. The van der Waals surface area contributed by atoms with Crippen molar-refractivity contribution in [1.82, 2.24) is 0 Å². The predicted octanol–water partition coefficient (Wildman–Crippen LogP) is 12.9. The highest BCUT2D eigenvalue weighted by atomic mass is 14.2. The Hall–Kier alpha value is -5.98. The molecule has 0 nitrogen and oxygen atoms in total. The van der Waals surface area contributed by atoms with Gasteiger partial charge in [-0.3, -0.25) is 0 Å². The van der Waals surface area contributed by atoms with Gasteiger partial charge in [-0.25, -0.2) is 0 Å². The lowest BCUT2D eigenvalue weighted by Crippen LogP contribution is -1.97. The van der Waals surface area contributed by atoms with E-state index in [2.05, 4.69) is 30.3 Å². The first-order valence-electron chi connectivity index (χ1n) is 19.3. The van der Waals surface area contributed by atoms with Crippen molar-refractivity contribution in [3.05, 3.63) is 193 Å². The van der Waals surface area contributed by atoms with Crippen LogP contribution >= 0.6 is 0 Å². The zero-order valence-corrected chi connectivity index (χ0v) is 25.5. The van der Waals surface area contributed by atoms with E-state index in [1.807, 2.05) is 109 Å². The first-order chi connectivity index (χ1) is 26.2. The lowest BCUT2D eigenvalue weighted by atomic mass is 9.84. The minimum atomic E-state index is -0.367. The summed E-state index contributed by atoms with van der Waals surface area (Å²) in [4.78, 5) is 0. The van der Waals surface area contributed by atoms with Crippen LogP contribution in [0.1, 0.15) is 20.7 Å². The van der Waals surface area contributed by atoms with Gasteiger partial charge < -0.3 is 0 Å². The lowest BCUT2D eigenvalue weighted by molar-refractivity contribution is 1.26. The van der Waals surface area contributed by atoms with E-state index in [9.17, 15) is 6.85 Å². The van der Waals surface area contributed by atoms with Gasteiger partial charge >= 0.3 is 0 Å². The van der Waals surface area contributed by atoms with Gasteiger partial charge in [0, 0.05) is 0 Å². The first kappa shape index (κ1) is 20.9. The van der Waals surface area contributed by atoms with E-state index < -0.39 is 0 Å². The molecule has 0 amide bonds. The highest BCUT2D eigenvalue weighted by Gasteiger charge is 2.17. The summed E-state index contributed by atoms with van der Waals surface area (Å²) >= 11 is 0. The third-order valence-electron chi connectivity index (χ3n) is 9.17. The first-order valence-corrected chi connectivity index (χ1v) is 15.8. The second-order valence-corrected chi connectivity index (χ2v) is 11.9. The molecule has 0 spiro atoms. The van der Waals surface area contributed by atoms with Gasteiger partial charge in [-0.1, -0.05) is 170 Å². The number of hydrogen-bond acceptors (Lipinski definition) is 0. The Kier molecular flexibility index (Phi) is 5.09. The Morgan fingerprint density at radius 1 is 0.383 bits per heavy atom. The molecule has 0 heteroatoms. The highest BCUT2D eigenvalue weighted by Crippen LogP contribution is 2.42. The van der Waals surface area contributed by atoms with Gasteiger partial charge in [0.25, 0.3) is 0 Å². The van der Waals surface area contributed by atoms with Crippen molar-refractivity contribution in [3.63, 3.8) is 0 Å². The third kappa shape index (κ3) is 4.87. The fourth-order valence-corrected chi connectivity index (χ4v) is 6.85. The largest absolute Gasteiger partial charge is 0.0636 e. The minimum absolute atomic E-state index is 0.0410. The third-order valence-corrected chi connectivity index (χ3v) is 9.17. The molecule has 0 aliphatic heterocycles. The van der Waals surface area contributed by atoms with E-state index in [1.165, 1.54) is 0 Å². The van der Waals surface area contributed by atoms with Crippen LogP contribution < -0.4 is 0 Å². The second kappa shape index (κ2) is 11.4. The SMILES string of the molecule is [2H]c1c([2H])c([2H])c2c(-c3ccc(-c4ccc5ccccc5c4)cc3)c3c([2H])c(-c4ccccc4)c([2H])c([2H])c3c(Cc3cccc4ccccc34)c2c1[2H]. The van der Waals surface area contributed by atoms with Crippen LogP contribution in [0.15, 0.2) is 182 Å². The molecule has 47 heavy (non-hydrogen) atoms. The molecule has 0 bridgehead atoms. The van der Waals surface area contributed by atoms with Crippen molar-refractivity contribution < 1.29 is 9.60 Å². The fraction of sp³-hybridized carbons (Fsp3) is 0.0213. The van der Waals surface area contributed by atoms with E-state index >= 15 is 0 Å². The van der Waals surface area contributed by atoms with Gasteiger partial charge in [-0.2, -0.15) is 0 Å². The second-order valence-electron chi connectivity index (χ2n) is 11.9. The monoisotopic (exact) mass is 603 g/mol. The molecule has 0 aliphatic carbocycles. The Labute approximate surface area is 285 Å². The van der Waals surface area contributed by atoms with Crippen molar-refractivity contribution in [2.45, 2.75) is 6.42 Å². The van der Waals surface area contributed by atoms with Crippen LogP contribution in [0.5, 0.6) is 0 Å². The number of fused-ring (bicyclic) bond motifs is 4. The molecule has 0 unspecified atom stereocenters. The topological polar surface area (TPSA) is 0 Å². The molecular formula is C47H32. The molecular weight excluding hydrogens is 565 g/mol. The van der Waals surface area contributed by atoms with Gasteiger partial charge in [0.15, 0.2) is 0 Å². The average molecular weight is 604 g/mol. The average Bonchev–Trinajstić information content (AvgIpc) is 3.21. The molecule has 0 saturated heterocycles. The van der Waals surface area contributed by atoms with Crippen LogP contribution in [-0.4, -0.2) is 0 Å². The van der Waals surface area contributed by atoms with Crippen LogP contribution in [0.25, 0.3) is 76.5 Å². The number of hydrogen-bond donors (Lipinski definition) is 0. The molecule has 0 fully saturated rings. The van der Waals surface area contributed by atoms with E-state index in [-0.39, 0.29) is 48.7 Å². The fourth-order valence-electron chi connectivity index (χ4n) is 6.85. The summed E-state index contributed by atoms with van der Waals surface area (Å²) < 4.78 is 65.3. The minimum Gasteiger partial charge on any atom is -0.0622 e. The molecule has 9 aromatic rings. The van der Waals surface area contributed by atoms with Gasteiger partial charge in [-0.05, 0) is 106 Å². The smallest absolute Gasteiger partial charge is 0.0622 e. The van der Waals surface area contributed by atoms with Gasteiger partial charge in [0.05, 0.1) is 9.60 Å². The zero-order chi connectivity index (χ0) is 37.2.